The highest BCUT2D eigenvalue weighted by Gasteiger charge is 2.11. The molecule has 0 aliphatic heterocycles. The molecule has 0 amide bonds. The van der Waals surface area contributed by atoms with Crippen molar-refractivity contribution in [2.24, 2.45) is 0 Å². The third-order valence-corrected chi connectivity index (χ3v) is 3.11. The Morgan fingerprint density at radius 2 is 2.05 bits per heavy atom. The molecular formula is C13H10BrFN2O3. The summed E-state index contributed by atoms with van der Waals surface area (Å²) < 4.78 is 19.5. The zero-order chi connectivity index (χ0) is 14.7. The summed E-state index contributed by atoms with van der Waals surface area (Å²) in [7, 11) is 0. The first-order valence-corrected chi connectivity index (χ1v) is 6.37. The molecule has 0 saturated heterocycles. The van der Waals surface area contributed by atoms with Gasteiger partial charge in [0.1, 0.15) is 6.61 Å². The van der Waals surface area contributed by atoms with Gasteiger partial charge >= 0.3 is 0 Å². The zero-order valence-electron chi connectivity index (χ0n) is 10.2. The van der Waals surface area contributed by atoms with Gasteiger partial charge in [0, 0.05) is 27.9 Å². The maximum Gasteiger partial charge on any atom is 0.269 e. The van der Waals surface area contributed by atoms with Crippen molar-refractivity contribution >= 4 is 27.3 Å². The maximum atomic E-state index is 13.5. The topological polar surface area (TPSA) is 78.4 Å². The Morgan fingerprint density at radius 1 is 1.30 bits per heavy atom. The molecule has 0 atom stereocenters. The van der Waals surface area contributed by atoms with Crippen LogP contribution < -0.4 is 10.5 Å². The molecule has 20 heavy (non-hydrogen) atoms. The fraction of sp³-hybridized carbons (Fsp3) is 0.0769. The van der Waals surface area contributed by atoms with Gasteiger partial charge in [0.15, 0.2) is 11.6 Å². The van der Waals surface area contributed by atoms with Crippen LogP contribution in [0, 0.1) is 15.9 Å². The average Bonchev–Trinajstić information content (AvgIpc) is 2.41. The summed E-state index contributed by atoms with van der Waals surface area (Å²) >= 11 is 3.21. The molecule has 0 bridgehead atoms. The van der Waals surface area contributed by atoms with E-state index in [2.05, 4.69) is 15.9 Å². The van der Waals surface area contributed by atoms with E-state index in [9.17, 15) is 14.5 Å². The maximum absolute atomic E-state index is 13.5. The van der Waals surface area contributed by atoms with E-state index in [0.717, 1.165) is 0 Å². The van der Waals surface area contributed by atoms with Crippen molar-refractivity contribution in [1.82, 2.24) is 0 Å². The molecule has 0 radical (unpaired) electrons. The summed E-state index contributed by atoms with van der Waals surface area (Å²) in [6, 6.07) is 8.32. The van der Waals surface area contributed by atoms with E-state index in [-0.39, 0.29) is 18.0 Å². The fourth-order valence-corrected chi connectivity index (χ4v) is 1.91. The number of hydrogen-bond acceptors (Lipinski definition) is 4. The number of rotatable bonds is 4. The van der Waals surface area contributed by atoms with Crippen molar-refractivity contribution in [3.05, 3.63) is 62.4 Å². The van der Waals surface area contributed by atoms with Crippen molar-refractivity contribution in [3.63, 3.8) is 0 Å². The monoisotopic (exact) mass is 340 g/mol. The minimum absolute atomic E-state index is 0.0466. The van der Waals surface area contributed by atoms with Crippen LogP contribution in [0.3, 0.4) is 0 Å². The Labute approximate surface area is 122 Å². The lowest BCUT2D eigenvalue weighted by Crippen LogP contribution is -2.02. The SMILES string of the molecule is Nc1ccc([N+](=O)[O-])cc1COc1cc(Br)ccc1F. The number of hydrogen-bond donors (Lipinski definition) is 1. The highest BCUT2D eigenvalue weighted by Crippen LogP contribution is 2.25. The molecule has 2 rings (SSSR count). The number of non-ortho nitro benzene ring substituents is 1. The van der Waals surface area contributed by atoms with Gasteiger partial charge in [-0.1, -0.05) is 15.9 Å². The van der Waals surface area contributed by atoms with Crippen LogP contribution in [0.2, 0.25) is 0 Å². The predicted octanol–water partition coefficient (Wildman–Crippen LogP) is 3.66. The lowest BCUT2D eigenvalue weighted by molar-refractivity contribution is -0.384. The van der Waals surface area contributed by atoms with Gasteiger partial charge in [-0.15, -0.1) is 0 Å². The van der Waals surface area contributed by atoms with E-state index in [1.165, 1.54) is 30.3 Å². The van der Waals surface area contributed by atoms with Crippen molar-refractivity contribution in [1.29, 1.82) is 0 Å². The molecule has 2 N–H and O–H groups in total. The van der Waals surface area contributed by atoms with Gasteiger partial charge < -0.3 is 10.5 Å². The van der Waals surface area contributed by atoms with E-state index in [4.69, 9.17) is 10.5 Å². The van der Waals surface area contributed by atoms with Crippen LogP contribution >= 0.6 is 15.9 Å². The summed E-state index contributed by atoms with van der Waals surface area (Å²) in [6.07, 6.45) is 0. The Hall–Kier alpha value is -2.15. The summed E-state index contributed by atoms with van der Waals surface area (Å²) in [5, 5.41) is 10.7. The molecule has 0 aliphatic carbocycles. The second-order valence-corrected chi connectivity index (χ2v) is 4.92. The predicted molar refractivity (Wildman–Crippen MR) is 75.9 cm³/mol. The van der Waals surface area contributed by atoms with E-state index < -0.39 is 10.7 Å². The number of nitrogens with two attached hydrogens (primary N) is 1. The molecule has 2 aromatic carbocycles. The van der Waals surface area contributed by atoms with Crippen LogP contribution in [-0.4, -0.2) is 4.92 Å². The smallest absolute Gasteiger partial charge is 0.269 e. The van der Waals surface area contributed by atoms with Crippen LogP contribution in [0.4, 0.5) is 15.8 Å². The lowest BCUT2D eigenvalue weighted by atomic mass is 10.1. The van der Waals surface area contributed by atoms with Crippen molar-refractivity contribution < 1.29 is 14.1 Å². The Balaban J connectivity index is 2.20. The van der Waals surface area contributed by atoms with E-state index in [0.29, 0.717) is 15.7 Å². The largest absolute Gasteiger partial charge is 0.486 e. The zero-order valence-corrected chi connectivity index (χ0v) is 11.8. The van der Waals surface area contributed by atoms with Gasteiger partial charge in [0.2, 0.25) is 0 Å². The molecule has 104 valence electrons. The average molecular weight is 341 g/mol. The molecule has 0 spiro atoms. The second kappa shape index (κ2) is 5.87. The summed E-state index contributed by atoms with van der Waals surface area (Å²) in [4.78, 5) is 10.2. The number of nitro groups is 1. The molecule has 0 unspecified atom stereocenters. The number of halogens is 2. The molecule has 0 aliphatic rings. The molecule has 0 saturated carbocycles. The number of anilines is 1. The van der Waals surface area contributed by atoms with Crippen LogP contribution in [0.1, 0.15) is 5.56 Å². The highest BCUT2D eigenvalue weighted by molar-refractivity contribution is 9.10. The first kappa shape index (κ1) is 14.3. The molecule has 0 fully saturated rings. The van der Waals surface area contributed by atoms with Crippen LogP contribution in [0.15, 0.2) is 40.9 Å². The molecule has 7 heteroatoms. The van der Waals surface area contributed by atoms with E-state index in [1.54, 1.807) is 6.07 Å². The standard InChI is InChI=1S/C13H10BrFN2O3/c14-9-1-3-11(15)13(6-9)20-7-8-5-10(17(18)19)2-4-12(8)16/h1-6H,7,16H2. The quantitative estimate of drug-likeness (QED) is 0.523. The van der Waals surface area contributed by atoms with Crippen molar-refractivity contribution in [2.75, 3.05) is 5.73 Å². The first-order chi connectivity index (χ1) is 9.47. The summed E-state index contributed by atoms with van der Waals surface area (Å²) in [5.41, 5.74) is 6.41. The van der Waals surface area contributed by atoms with Crippen molar-refractivity contribution in [2.45, 2.75) is 6.61 Å². The Kier molecular flexibility index (Phi) is 4.19. The second-order valence-electron chi connectivity index (χ2n) is 4.00. The molecule has 5 nitrogen and oxygen atoms in total. The lowest BCUT2D eigenvalue weighted by Gasteiger charge is -2.09. The third-order valence-electron chi connectivity index (χ3n) is 2.61. The van der Waals surface area contributed by atoms with Crippen LogP contribution in [0.5, 0.6) is 5.75 Å². The minimum Gasteiger partial charge on any atom is -0.486 e. The molecule has 2 aromatic rings. The Morgan fingerprint density at radius 3 is 2.75 bits per heavy atom. The summed E-state index contributed by atoms with van der Waals surface area (Å²) in [5.74, 6) is -0.470. The molecule has 0 aromatic heterocycles. The molecular weight excluding hydrogens is 331 g/mol. The van der Waals surface area contributed by atoms with Gasteiger partial charge in [-0.2, -0.15) is 0 Å². The van der Waals surface area contributed by atoms with Gasteiger partial charge in [0.05, 0.1) is 4.92 Å². The normalized spacial score (nSPS) is 10.3. The minimum atomic E-state index is -0.525. The van der Waals surface area contributed by atoms with Gasteiger partial charge in [-0.3, -0.25) is 10.1 Å². The number of nitrogens with zero attached hydrogens (tertiary/aromatic N) is 1. The van der Waals surface area contributed by atoms with Gasteiger partial charge in [-0.05, 0) is 24.3 Å². The van der Waals surface area contributed by atoms with Crippen LogP contribution in [-0.2, 0) is 6.61 Å². The number of nitrogen functional groups attached to an aromatic ring is 1. The van der Waals surface area contributed by atoms with Gasteiger partial charge in [0.25, 0.3) is 5.69 Å². The van der Waals surface area contributed by atoms with Crippen LogP contribution in [0.25, 0.3) is 0 Å². The molecule has 0 heterocycles. The number of nitro benzene ring substituents is 1. The Bertz CT molecular complexity index is 664. The van der Waals surface area contributed by atoms with Crippen molar-refractivity contribution in [3.8, 4) is 5.75 Å². The fourth-order valence-electron chi connectivity index (χ4n) is 1.57. The third kappa shape index (κ3) is 3.24. The number of benzene rings is 2. The van der Waals surface area contributed by atoms with Gasteiger partial charge in [-0.25, -0.2) is 4.39 Å². The number of ether oxygens (including phenoxy) is 1. The summed E-state index contributed by atoms with van der Waals surface area (Å²) in [6.45, 7) is -0.0547. The highest BCUT2D eigenvalue weighted by atomic mass is 79.9. The van der Waals surface area contributed by atoms with E-state index in [1.807, 2.05) is 0 Å². The first-order valence-electron chi connectivity index (χ1n) is 5.58. The van der Waals surface area contributed by atoms with E-state index >= 15 is 0 Å².